The zero-order valence-electron chi connectivity index (χ0n) is 17.3. The van der Waals surface area contributed by atoms with Gasteiger partial charge in [0.15, 0.2) is 16.6 Å². The van der Waals surface area contributed by atoms with Crippen molar-refractivity contribution in [2.24, 2.45) is 0 Å². The number of hydrogen-bond acceptors (Lipinski definition) is 7. The van der Waals surface area contributed by atoms with Crippen molar-refractivity contribution in [2.45, 2.75) is 19.9 Å². The SMILES string of the molecule is COC(=O)c1c(NC(=S)NC(C)c2ccc3c(c2)OCO3)sc(C(=O)N(C)C)c1C. The van der Waals surface area contributed by atoms with Gasteiger partial charge in [-0.25, -0.2) is 4.79 Å². The normalized spacial score (nSPS) is 12.8. The lowest BCUT2D eigenvalue weighted by atomic mass is 10.1. The quantitative estimate of drug-likeness (QED) is 0.531. The monoisotopic (exact) mass is 449 g/mol. The Kier molecular flexibility index (Phi) is 6.47. The molecule has 10 heteroatoms. The third-order valence-corrected chi connectivity index (χ3v) is 6.02. The fourth-order valence-corrected chi connectivity index (χ4v) is 4.52. The highest BCUT2D eigenvalue weighted by Gasteiger charge is 2.27. The van der Waals surface area contributed by atoms with Crippen molar-refractivity contribution >= 4 is 45.5 Å². The van der Waals surface area contributed by atoms with E-state index in [1.165, 1.54) is 23.3 Å². The summed E-state index contributed by atoms with van der Waals surface area (Å²) < 4.78 is 15.7. The number of esters is 1. The van der Waals surface area contributed by atoms with E-state index in [4.69, 9.17) is 26.4 Å². The van der Waals surface area contributed by atoms with Gasteiger partial charge in [0, 0.05) is 14.1 Å². The summed E-state index contributed by atoms with van der Waals surface area (Å²) >= 11 is 6.61. The Morgan fingerprint density at radius 3 is 2.63 bits per heavy atom. The van der Waals surface area contributed by atoms with Crippen molar-refractivity contribution < 1.29 is 23.8 Å². The first kappa shape index (κ1) is 21.8. The molecule has 0 saturated heterocycles. The van der Waals surface area contributed by atoms with E-state index >= 15 is 0 Å². The second-order valence-corrected chi connectivity index (χ2v) is 8.31. The van der Waals surface area contributed by atoms with Gasteiger partial charge in [0.1, 0.15) is 5.00 Å². The second-order valence-electron chi connectivity index (χ2n) is 6.88. The van der Waals surface area contributed by atoms with E-state index in [-0.39, 0.29) is 18.7 Å². The summed E-state index contributed by atoms with van der Waals surface area (Å²) in [7, 11) is 4.62. The molecule has 1 atom stereocenters. The number of nitrogens with one attached hydrogen (secondary N) is 2. The minimum Gasteiger partial charge on any atom is -0.465 e. The summed E-state index contributed by atoms with van der Waals surface area (Å²) in [6.07, 6.45) is 0. The van der Waals surface area contributed by atoms with Gasteiger partial charge in [0.05, 0.1) is 23.6 Å². The van der Waals surface area contributed by atoms with E-state index in [0.717, 1.165) is 5.56 Å². The van der Waals surface area contributed by atoms with Crippen LogP contribution in [0.25, 0.3) is 0 Å². The van der Waals surface area contributed by atoms with Gasteiger partial charge in [-0.05, 0) is 49.3 Å². The zero-order valence-corrected chi connectivity index (χ0v) is 19.0. The van der Waals surface area contributed by atoms with Gasteiger partial charge >= 0.3 is 5.97 Å². The maximum absolute atomic E-state index is 12.5. The number of hydrogen-bond donors (Lipinski definition) is 2. The van der Waals surface area contributed by atoms with Crippen molar-refractivity contribution in [3.63, 3.8) is 0 Å². The molecule has 0 bridgehead atoms. The molecular formula is C20H23N3O5S2. The summed E-state index contributed by atoms with van der Waals surface area (Å²) in [5, 5.41) is 7.00. The Morgan fingerprint density at radius 2 is 1.97 bits per heavy atom. The molecule has 0 radical (unpaired) electrons. The largest absolute Gasteiger partial charge is 0.465 e. The van der Waals surface area contributed by atoms with E-state index in [1.807, 2.05) is 25.1 Å². The van der Waals surface area contributed by atoms with E-state index in [1.54, 1.807) is 21.0 Å². The number of benzene rings is 1. The van der Waals surface area contributed by atoms with Crippen LogP contribution >= 0.6 is 23.6 Å². The molecule has 1 unspecified atom stereocenters. The fourth-order valence-electron chi connectivity index (χ4n) is 2.96. The Morgan fingerprint density at radius 1 is 1.27 bits per heavy atom. The molecule has 2 N–H and O–H groups in total. The Labute approximate surface area is 184 Å². The number of fused-ring (bicyclic) bond motifs is 1. The lowest BCUT2D eigenvalue weighted by molar-refractivity contribution is 0.0601. The lowest BCUT2D eigenvalue weighted by Crippen LogP contribution is -2.31. The molecule has 1 aliphatic rings. The Balaban J connectivity index is 1.79. The van der Waals surface area contributed by atoms with Crippen LogP contribution in [0.15, 0.2) is 18.2 Å². The maximum Gasteiger partial charge on any atom is 0.341 e. The lowest BCUT2D eigenvalue weighted by Gasteiger charge is -2.17. The first-order valence-corrected chi connectivity index (χ1v) is 10.4. The molecule has 30 heavy (non-hydrogen) atoms. The van der Waals surface area contributed by atoms with E-state index in [9.17, 15) is 9.59 Å². The molecule has 1 aromatic carbocycles. The van der Waals surface area contributed by atoms with Gasteiger partial charge in [0.2, 0.25) is 6.79 Å². The first-order valence-electron chi connectivity index (χ1n) is 9.13. The minimum absolute atomic E-state index is 0.134. The highest BCUT2D eigenvalue weighted by atomic mass is 32.1. The number of thiophene rings is 1. The Bertz CT molecular complexity index is 1000. The van der Waals surface area contributed by atoms with Crippen LogP contribution in [-0.4, -0.2) is 49.9 Å². The van der Waals surface area contributed by atoms with Crippen molar-refractivity contribution in [2.75, 3.05) is 33.3 Å². The summed E-state index contributed by atoms with van der Waals surface area (Å²) in [4.78, 5) is 26.7. The van der Waals surface area contributed by atoms with Gasteiger partial charge < -0.3 is 29.7 Å². The van der Waals surface area contributed by atoms with E-state index in [2.05, 4.69) is 10.6 Å². The van der Waals surface area contributed by atoms with Crippen molar-refractivity contribution in [1.82, 2.24) is 10.2 Å². The van der Waals surface area contributed by atoms with Crippen molar-refractivity contribution in [3.05, 3.63) is 39.8 Å². The van der Waals surface area contributed by atoms with Crippen molar-refractivity contribution in [3.8, 4) is 11.5 Å². The highest BCUT2D eigenvalue weighted by Crippen LogP contribution is 2.35. The number of thiocarbonyl (C=S) groups is 1. The minimum atomic E-state index is -0.532. The van der Waals surface area contributed by atoms with Gasteiger partial charge in [-0.15, -0.1) is 11.3 Å². The van der Waals surface area contributed by atoms with Crippen LogP contribution in [0.2, 0.25) is 0 Å². The van der Waals surface area contributed by atoms with Crippen LogP contribution in [0, 0.1) is 6.92 Å². The molecule has 1 amide bonds. The van der Waals surface area contributed by atoms with Gasteiger partial charge in [0.25, 0.3) is 5.91 Å². The van der Waals surface area contributed by atoms with Crippen LogP contribution in [0.5, 0.6) is 11.5 Å². The molecule has 3 rings (SSSR count). The fraction of sp³-hybridized carbons (Fsp3) is 0.350. The first-order chi connectivity index (χ1) is 14.2. The molecule has 8 nitrogen and oxygen atoms in total. The van der Waals surface area contributed by atoms with Gasteiger partial charge in [-0.1, -0.05) is 6.07 Å². The topological polar surface area (TPSA) is 89.1 Å². The molecule has 160 valence electrons. The van der Waals surface area contributed by atoms with Crippen LogP contribution in [0.1, 0.15) is 44.1 Å². The molecule has 0 saturated carbocycles. The number of rotatable bonds is 5. The van der Waals surface area contributed by atoms with E-state index in [0.29, 0.717) is 37.6 Å². The molecule has 0 fully saturated rings. The highest BCUT2D eigenvalue weighted by molar-refractivity contribution is 7.80. The van der Waals surface area contributed by atoms with Crippen LogP contribution in [0.4, 0.5) is 5.00 Å². The van der Waals surface area contributed by atoms with Gasteiger partial charge in [-0.3, -0.25) is 4.79 Å². The number of anilines is 1. The van der Waals surface area contributed by atoms with Crippen LogP contribution in [-0.2, 0) is 4.74 Å². The third kappa shape index (κ3) is 4.34. The number of amides is 1. The molecular weight excluding hydrogens is 426 g/mol. The summed E-state index contributed by atoms with van der Waals surface area (Å²) in [5.74, 6) is 0.675. The summed E-state index contributed by atoms with van der Waals surface area (Å²) in [6, 6.07) is 5.54. The van der Waals surface area contributed by atoms with Gasteiger partial charge in [-0.2, -0.15) is 0 Å². The third-order valence-electron chi connectivity index (χ3n) is 4.61. The molecule has 2 heterocycles. The Hall–Kier alpha value is -2.85. The maximum atomic E-state index is 12.5. The summed E-state index contributed by atoms with van der Waals surface area (Å²) in [6.45, 7) is 3.88. The predicted octanol–water partition coefficient (Wildman–Crippen LogP) is 3.32. The molecule has 1 aliphatic heterocycles. The molecule has 2 aromatic rings. The second kappa shape index (κ2) is 8.88. The number of nitrogens with zero attached hydrogens (tertiary/aromatic N) is 1. The standard InChI is InChI=1S/C20H23N3O5S2/c1-10-15(19(25)26-5)17(30-16(10)18(24)23(3)4)22-20(29)21-11(2)12-6-7-13-14(8-12)28-9-27-13/h6-8,11H,9H2,1-5H3,(H2,21,22,29). The predicted molar refractivity (Wildman–Crippen MR) is 119 cm³/mol. The summed E-state index contributed by atoms with van der Waals surface area (Å²) in [5.41, 5.74) is 1.81. The number of ether oxygens (including phenoxy) is 3. The molecule has 0 aliphatic carbocycles. The number of carbonyl (C=O) groups is 2. The van der Waals surface area contributed by atoms with Crippen LogP contribution < -0.4 is 20.1 Å². The molecule has 0 spiro atoms. The average Bonchev–Trinajstić information content (AvgIpc) is 3.30. The zero-order chi connectivity index (χ0) is 22.0. The van der Waals surface area contributed by atoms with E-state index < -0.39 is 5.97 Å². The molecule has 1 aromatic heterocycles. The van der Waals surface area contributed by atoms with Crippen molar-refractivity contribution in [1.29, 1.82) is 0 Å². The number of methoxy groups -OCH3 is 1. The number of carbonyl (C=O) groups excluding carboxylic acids is 2. The smallest absolute Gasteiger partial charge is 0.341 e. The van der Waals surface area contributed by atoms with Crippen LogP contribution in [0.3, 0.4) is 0 Å². The average molecular weight is 450 g/mol.